The third-order valence-corrected chi connectivity index (χ3v) is 19.9. The van der Waals surface area contributed by atoms with Crippen molar-refractivity contribution in [3.05, 3.63) is 36.5 Å². The van der Waals surface area contributed by atoms with Crippen LogP contribution in [0.5, 0.6) is 0 Å². The number of amides is 1. The van der Waals surface area contributed by atoms with Crippen molar-refractivity contribution < 1.29 is 24.5 Å². The summed E-state index contributed by atoms with van der Waals surface area (Å²) in [5.41, 5.74) is 0. The zero-order valence-electron chi connectivity index (χ0n) is 62.6. The molecule has 0 rings (SSSR count). The number of carbonyl (C=O) groups is 2. The van der Waals surface area contributed by atoms with Gasteiger partial charge in [0.15, 0.2) is 0 Å². The van der Waals surface area contributed by atoms with Crippen LogP contribution < -0.4 is 5.32 Å². The molecule has 0 saturated heterocycles. The van der Waals surface area contributed by atoms with Crippen molar-refractivity contribution in [1.29, 1.82) is 0 Å². The van der Waals surface area contributed by atoms with Gasteiger partial charge in [-0.1, -0.05) is 436 Å². The number of esters is 1. The number of allylic oxidation sites excluding steroid dienone is 5. The second-order valence-corrected chi connectivity index (χ2v) is 29.2. The highest BCUT2D eigenvalue weighted by Crippen LogP contribution is 2.20. The average Bonchev–Trinajstić information content (AvgIpc) is 3.59. The number of nitrogens with one attached hydrogen (secondary N) is 1. The molecular formula is C86H165NO5. The largest absolute Gasteiger partial charge is 0.466 e. The van der Waals surface area contributed by atoms with Gasteiger partial charge in [-0.2, -0.15) is 0 Å². The minimum atomic E-state index is -0.843. The van der Waals surface area contributed by atoms with E-state index in [0.717, 1.165) is 44.9 Å². The normalized spacial score (nSPS) is 12.6. The molecule has 0 saturated carbocycles. The Morgan fingerprint density at radius 2 is 0.543 bits per heavy atom. The van der Waals surface area contributed by atoms with Gasteiger partial charge >= 0.3 is 5.97 Å². The Hall–Kier alpha value is -1.92. The molecule has 2 unspecified atom stereocenters. The molecule has 0 aliphatic heterocycles. The van der Waals surface area contributed by atoms with Crippen molar-refractivity contribution in [2.75, 3.05) is 13.2 Å². The highest BCUT2D eigenvalue weighted by Gasteiger charge is 2.18. The van der Waals surface area contributed by atoms with E-state index in [4.69, 9.17) is 4.74 Å². The number of hydrogen-bond acceptors (Lipinski definition) is 5. The fourth-order valence-electron chi connectivity index (χ4n) is 13.5. The summed E-state index contributed by atoms with van der Waals surface area (Å²) in [7, 11) is 0. The number of unbranched alkanes of at least 4 members (excludes halogenated alkanes) is 65. The molecule has 0 radical (unpaired) electrons. The molecule has 0 aliphatic rings. The van der Waals surface area contributed by atoms with Crippen LogP contribution in [0, 0.1) is 0 Å². The van der Waals surface area contributed by atoms with Crippen LogP contribution in [0.25, 0.3) is 0 Å². The van der Waals surface area contributed by atoms with E-state index < -0.39 is 12.1 Å². The van der Waals surface area contributed by atoms with Crippen LogP contribution in [0.2, 0.25) is 0 Å². The van der Waals surface area contributed by atoms with E-state index >= 15 is 0 Å². The maximum absolute atomic E-state index is 12.5. The third-order valence-electron chi connectivity index (χ3n) is 19.9. The van der Waals surface area contributed by atoms with Gasteiger partial charge in [-0.25, -0.2) is 0 Å². The van der Waals surface area contributed by atoms with Gasteiger partial charge in [0.05, 0.1) is 25.4 Å². The first-order chi connectivity index (χ1) is 45.5. The molecule has 0 aromatic heterocycles. The molecule has 0 fully saturated rings. The molecule has 6 heteroatoms. The predicted octanol–water partition coefficient (Wildman–Crippen LogP) is 28.2. The number of hydrogen-bond donors (Lipinski definition) is 3. The average molecular weight is 1290 g/mol. The van der Waals surface area contributed by atoms with E-state index in [1.165, 1.54) is 405 Å². The van der Waals surface area contributed by atoms with Crippen LogP contribution in [0.15, 0.2) is 36.5 Å². The summed E-state index contributed by atoms with van der Waals surface area (Å²) in [4.78, 5) is 24.7. The SMILES string of the molecule is CCCCCCCCCCCCCCCCC/C=C/C(O)C(CO)NC(=O)CCCCCCCCCCCCCCCCCCC/C=C\C/C=C\CCCCCCCCCCCCCCCCCOC(=O)CCCCCCCCCCCCCCCCCCCCC. The van der Waals surface area contributed by atoms with E-state index in [1.807, 2.05) is 6.08 Å². The van der Waals surface area contributed by atoms with Crippen molar-refractivity contribution in [3.8, 4) is 0 Å². The number of ether oxygens (including phenoxy) is 1. The molecular weight excluding hydrogens is 1130 g/mol. The predicted molar refractivity (Wildman–Crippen MR) is 407 cm³/mol. The zero-order valence-corrected chi connectivity index (χ0v) is 62.6. The first kappa shape index (κ1) is 90.1. The maximum Gasteiger partial charge on any atom is 0.305 e. The minimum absolute atomic E-state index is 0.0259. The van der Waals surface area contributed by atoms with Crippen LogP contribution in [-0.4, -0.2) is 47.4 Å². The molecule has 0 aliphatic carbocycles. The van der Waals surface area contributed by atoms with Gasteiger partial charge in [-0.15, -0.1) is 0 Å². The third kappa shape index (κ3) is 77.1. The number of carbonyl (C=O) groups excluding carboxylic acids is 2. The summed E-state index contributed by atoms with van der Waals surface area (Å²) in [6, 6.07) is -0.626. The molecule has 0 bridgehead atoms. The lowest BCUT2D eigenvalue weighted by molar-refractivity contribution is -0.143. The summed E-state index contributed by atoms with van der Waals surface area (Å²) >= 11 is 0. The molecule has 6 nitrogen and oxygen atoms in total. The summed E-state index contributed by atoms with van der Waals surface area (Å²) in [6.07, 6.45) is 107. The van der Waals surface area contributed by atoms with E-state index in [0.29, 0.717) is 19.4 Å². The van der Waals surface area contributed by atoms with E-state index in [-0.39, 0.29) is 18.5 Å². The minimum Gasteiger partial charge on any atom is -0.466 e. The van der Waals surface area contributed by atoms with E-state index in [1.54, 1.807) is 6.08 Å². The molecule has 92 heavy (non-hydrogen) atoms. The van der Waals surface area contributed by atoms with E-state index in [2.05, 4.69) is 43.5 Å². The topological polar surface area (TPSA) is 95.9 Å². The number of aliphatic hydroxyl groups is 2. The lowest BCUT2D eigenvalue weighted by Gasteiger charge is -2.20. The standard InChI is InChI=1S/C86H165NO5/c1-3-5-7-9-11-13-15-17-19-21-43-48-52-56-60-64-68-72-76-80-86(91)92-81-77-73-69-65-61-57-53-49-45-42-40-38-36-34-32-30-28-26-24-22-23-25-27-29-31-33-35-37-39-41-44-47-51-55-59-63-67-71-75-79-85(90)87-83(82-88)84(89)78-74-70-66-62-58-54-50-46-20-18-16-14-12-10-8-6-4-2/h22-23,26,28,74,78,83-84,88-89H,3-21,24-25,27,29-73,75-77,79-82H2,1-2H3,(H,87,90)/b23-22-,28-26-,78-74+. The molecule has 0 heterocycles. The maximum atomic E-state index is 12.5. The zero-order chi connectivity index (χ0) is 66.3. The number of aliphatic hydroxyl groups excluding tert-OH is 2. The van der Waals surface area contributed by atoms with Crippen LogP contribution >= 0.6 is 0 Å². The number of rotatable bonds is 80. The van der Waals surface area contributed by atoms with Crippen LogP contribution in [0.3, 0.4) is 0 Å². The summed E-state index contributed by atoms with van der Waals surface area (Å²) in [5, 5.41) is 23.2. The summed E-state index contributed by atoms with van der Waals surface area (Å²) in [6.45, 7) is 4.96. The van der Waals surface area contributed by atoms with Gasteiger partial charge < -0.3 is 20.3 Å². The fraction of sp³-hybridized carbons (Fsp3) is 0.907. The first-order valence-electron chi connectivity index (χ1n) is 42.3. The smallest absolute Gasteiger partial charge is 0.305 e. The Labute approximate surface area is 576 Å². The van der Waals surface area contributed by atoms with Gasteiger partial charge in [0, 0.05) is 12.8 Å². The summed E-state index contributed by atoms with van der Waals surface area (Å²) in [5.74, 6) is -0.0353. The van der Waals surface area contributed by atoms with Crippen molar-refractivity contribution in [2.45, 2.75) is 488 Å². The molecule has 2 atom stereocenters. The molecule has 3 N–H and O–H groups in total. The van der Waals surface area contributed by atoms with Crippen LogP contribution in [0.1, 0.15) is 476 Å². The molecule has 0 aromatic rings. The highest BCUT2D eigenvalue weighted by molar-refractivity contribution is 5.76. The van der Waals surface area contributed by atoms with Crippen molar-refractivity contribution in [2.24, 2.45) is 0 Å². The van der Waals surface area contributed by atoms with Crippen LogP contribution in [0.4, 0.5) is 0 Å². The monoisotopic (exact) mass is 1290 g/mol. The van der Waals surface area contributed by atoms with Gasteiger partial charge in [0.2, 0.25) is 5.91 Å². The Bertz CT molecular complexity index is 1490. The van der Waals surface area contributed by atoms with Gasteiger partial charge in [-0.05, 0) is 64.2 Å². The second kappa shape index (κ2) is 81.5. The lowest BCUT2D eigenvalue weighted by atomic mass is 10.0. The fourth-order valence-corrected chi connectivity index (χ4v) is 13.5. The second-order valence-electron chi connectivity index (χ2n) is 29.2. The molecule has 0 spiro atoms. The van der Waals surface area contributed by atoms with Crippen LogP contribution in [-0.2, 0) is 14.3 Å². The lowest BCUT2D eigenvalue weighted by Crippen LogP contribution is -2.45. The molecule has 0 aromatic carbocycles. The van der Waals surface area contributed by atoms with Crippen molar-refractivity contribution >= 4 is 11.9 Å². The van der Waals surface area contributed by atoms with E-state index in [9.17, 15) is 19.8 Å². The quantitative estimate of drug-likeness (QED) is 0.0320. The molecule has 1 amide bonds. The van der Waals surface area contributed by atoms with Gasteiger partial charge in [0.25, 0.3) is 0 Å². The van der Waals surface area contributed by atoms with Crippen molar-refractivity contribution in [3.63, 3.8) is 0 Å². The van der Waals surface area contributed by atoms with Gasteiger partial charge in [-0.3, -0.25) is 9.59 Å². The summed E-state index contributed by atoms with van der Waals surface area (Å²) < 4.78 is 5.52. The Morgan fingerprint density at radius 3 is 0.826 bits per heavy atom. The molecule has 544 valence electrons. The highest BCUT2D eigenvalue weighted by atomic mass is 16.5. The van der Waals surface area contributed by atoms with Gasteiger partial charge in [0.1, 0.15) is 0 Å². The first-order valence-corrected chi connectivity index (χ1v) is 42.3. The Kier molecular flexibility index (Phi) is 79.8. The Balaban J connectivity index is 3.35. The Morgan fingerprint density at radius 1 is 0.304 bits per heavy atom. The van der Waals surface area contributed by atoms with Crippen molar-refractivity contribution in [1.82, 2.24) is 5.32 Å².